The second kappa shape index (κ2) is 7.70. The number of nitrogens with zero attached hydrogens (tertiary/aromatic N) is 1. The molecule has 5 heteroatoms. The van der Waals surface area contributed by atoms with Crippen LogP contribution in [0.2, 0.25) is 5.02 Å². The zero-order valence-corrected chi connectivity index (χ0v) is 15.2. The van der Waals surface area contributed by atoms with Gasteiger partial charge in [0.15, 0.2) is 0 Å². The number of amides is 1. The molecule has 0 aliphatic rings. The highest BCUT2D eigenvalue weighted by Gasteiger charge is 2.08. The van der Waals surface area contributed by atoms with Gasteiger partial charge in [0.25, 0.3) is 0 Å². The Morgan fingerprint density at radius 2 is 2.04 bits per heavy atom. The average Bonchev–Trinajstić information content (AvgIpc) is 3.02. The van der Waals surface area contributed by atoms with Crippen LogP contribution in [0.15, 0.2) is 42.5 Å². The Labute approximate surface area is 152 Å². The number of carbonyl (C=O) groups excluding carboxylic acids is 1. The first-order valence-corrected chi connectivity index (χ1v) is 8.89. The first-order chi connectivity index (χ1) is 12.0. The van der Waals surface area contributed by atoms with E-state index in [-0.39, 0.29) is 5.91 Å². The maximum absolute atomic E-state index is 12.1. The summed E-state index contributed by atoms with van der Waals surface area (Å²) in [6, 6.07) is 13.6. The number of hydrogen-bond donors (Lipinski definition) is 2. The molecule has 0 aliphatic heterocycles. The summed E-state index contributed by atoms with van der Waals surface area (Å²) in [7, 11) is 0. The third-order valence-corrected chi connectivity index (χ3v) is 4.37. The molecule has 130 valence electrons. The molecule has 0 atom stereocenters. The van der Waals surface area contributed by atoms with E-state index in [1.165, 1.54) is 0 Å². The summed E-state index contributed by atoms with van der Waals surface area (Å²) >= 11 is 5.95. The van der Waals surface area contributed by atoms with Crippen molar-refractivity contribution in [1.82, 2.24) is 15.3 Å². The third kappa shape index (κ3) is 4.60. The largest absolute Gasteiger partial charge is 0.352 e. The summed E-state index contributed by atoms with van der Waals surface area (Å²) in [4.78, 5) is 20.0. The van der Waals surface area contributed by atoms with E-state index in [4.69, 9.17) is 11.6 Å². The van der Waals surface area contributed by atoms with Crippen molar-refractivity contribution < 1.29 is 4.79 Å². The second-order valence-electron chi connectivity index (χ2n) is 6.53. The Hall–Kier alpha value is -2.33. The van der Waals surface area contributed by atoms with Gasteiger partial charge in [-0.25, -0.2) is 4.98 Å². The SMILES string of the molecule is CC(C)c1nc2ccc(CCC(=O)NCc3cccc(Cl)c3)cc2[nH]1. The number of aromatic amines is 1. The number of aromatic nitrogens is 2. The Morgan fingerprint density at radius 1 is 1.20 bits per heavy atom. The minimum atomic E-state index is 0.0348. The molecule has 0 saturated heterocycles. The molecule has 0 aliphatic carbocycles. The van der Waals surface area contributed by atoms with Crippen LogP contribution in [-0.2, 0) is 17.8 Å². The van der Waals surface area contributed by atoms with E-state index in [1.54, 1.807) is 0 Å². The fourth-order valence-corrected chi connectivity index (χ4v) is 2.91. The summed E-state index contributed by atoms with van der Waals surface area (Å²) in [5.74, 6) is 1.40. The highest BCUT2D eigenvalue weighted by atomic mass is 35.5. The van der Waals surface area contributed by atoms with Crippen LogP contribution in [0.25, 0.3) is 11.0 Å². The number of fused-ring (bicyclic) bond motifs is 1. The van der Waals surface area contributed by atoms with Gasteiger partial charge >= 0.3 is 0 Å². The van der Waals surface area contributed by atoms with Crippen LogP contribution in [-0.4, -0.2) is 15.9 Å². The molecular formula is C20H22ClN3O. The number of H-pyrrole nitrogens is 1. The van der Waals surface area contributed by atoms with Crippen molar-refractivity contribution in [2.24, 2.45) is 0 Å². The molecule has 2 N–H and O–H groups in total. The predicted octanol–water partition coefficient (Wildman–Crippen LogP) is 4.59. The lowest BCUT2D eigenvalue weighted by Gasteiger charge is -2.06. The van der Waals surface area contributed by atoms with Gasteiger partial charge < -0.3 is 10.3 Å². The lowest BCUT2D eigenvalue weighted by Crippen LogP contribution is -2.22. The van der Waals surface area contributed by atoms with E-state index >= 15 is 0 Å². The quantitative estimate of drug-likeness (QED) is 0.679. The molecule has 2 aromatic carbocycles. The molecule has 0 radical (unpaired) electrons. The van der Waals surface area contributed by atoms with Gasteiger partial charge in [-0.1, -0.05) is 43.6 Å². The summed E-state index contributed by atoms with van der Waals surface area (Å²) in [5.41, 5.74) is 4.13. The smallest absolute Gasteiger partial charge is 0.220 e. The highest BCUT2D eigenvalue weighted by Crippen LogP contribution is 2.19. The Morgan fingerprint density at radius 3 is 2.80 bits per heavy atom. The van der Waals surface area contributed by atoms with Gasteiger partial charge in [0.05, 0.1) is 11.0 Å². The number of aryl methyl sites for hydroxylation is 1. The van der Waals surface area contributed by atoms with Gasteiger partial charge in [-0.05, 0) is 41.8 Å². The molecule has 25 heavy (non-hydrogen) atoms. The van der Waals surface area contributed by atoms with E-state index in [9.17, 15) is 4.79 Å². The van der Waals surface area contributed by atoms with Crippen molar-refractivity contribution in [3.63, 3.8) is 0 Å². The summed E-state index contributed by atoms with van der Waals surface area (Å²) < 4.78 is 0. The van der Waals surface area contributed by atoms with Crippen LogP contribution >= 0.6 is 11.6 Å². The van der Waals surface area contributed by atoms with Crippen molar-refractivity contribution in [2.75, 3.05) is 0 Å². The van der Waals surface area contributed by atoms with Gasteiger partial charge in [0.2, 0.25) is 5.91 Å². The average molecular weight is 356 g/mol. The zero-order valence-electron chi connectivity index (χ0n) is 14.5. The fourth-order valence-electron chi connectivity index (χ4n) is 2.70. The molecule has 3 rings (SSSR count). The zero-order chi connectivity index (χ0) is 17.8. The number of rotatable bonds is 6. The highest BCUT2D eigenvalue weighted by molar-refractivity contribution is 6.30. The topological polar surface area (TPSA) is 57.8 Å². The van der Waals surface area contributed by atoms with Gasteiger partial charge in [0.1, 0.15) is 5.82 Å². The van der Waals surface area contributed by atoms with Crippen LogP contribution in [0.1, 0.15) is 43.1 Å². The number of carbonyl (C=O) groups is 1. The van der Waals surface area contributed by atoms with Crippen LogP contribution in [0.3, 0.4) is 0 Å². The van der Waals surface area contributed by atoms with E-state index in [2.05, 4.69) is 35.2 Å². The Kier molecular flexibility index (Phi) is 5.39. The lowest BCUT2D eigenvalue weighted by atomic mass is 10.1. The van der Waals surface area contributed by atoms with Crippen LogP contribution in [0, 0.1) is 0 Å². The lowest BCUT2D eigenvalue weighted by molar-refractivity contribution is -0.121. The van der Waals surface area contributed by atoms with Crippen LogP contribution in [0.4, 0.5) is 0 Å². The minimum absolute atomic E-state index is 0.0348. The molecule has 3 aromatic rings. The van der Waals surface area contributed by atoms with Gasteiger partial charge in [-0.2, -0.15) is 0 Å². The number of nitrogens with one attached hydrogen (secondary N) is 2. The van der Waals surface area contributed by atoms with Crippen molar-refractivity contribution in [3.8, 4) is 0 Å². The molecule has 0 saturated carbocycles. The van der Waals surface area contributed by atoms with E-state index in [0.717, 1.165) is 28.0 Å². The molecule has 0 unspecified atom stereocenters. The monoisotopic (exact) mass is 355 g/mol. The molecular weight excluding hydrogens is 334 g/mol. The van der Waals surface area contributed by atoms with Gasteiger partial charge in [0, 0.05) is 23.9 Å². The normalized spacial score (nSPS) is 11.2. The van der Waals surface area contributed by atoms with Gasteiger partial charge in [-0.15, -0.1) is 0 Å². The third-order valence-electron chi connectivity index (χ3n) is 4.13. The molecule has 0 spiro atoms. The first-order valence-electron chi connectivity index (χ1n) is 8.51. The fraction of sp³-hybridized carbons (Fsp3) is 0.300. The number of halogens is 1. The maximum atomic E-state index is 12.1. The Balaban J connectivity index is 1.55. The minimum Gasteiger partial charge on any atom is -0.352 e. The molecule has 0 fully saturated rings. The number of hydrogen-bond acceptors (Lipinski definition) is 2. The number of benzene rings is 2. The number of imidazole rings is 1. The van der Waals surface area contributed by atoms with E-state index in [1.807, 2.05) is 36.4 Å². The summed E-state index contributed by atoms with van der Waals surface area (Å²) in [6.07, 6.45) is 1.16. The summed E-state index contributed by atoms with van der Waals surface area (Å²) in [5, 5.41) is 3.62. The molecule has 0 bridgehead atoms. The van der Waals surface area contributed by atoms with E-state index in [0.29, 0.717) is 30.3 Å². The second-order valence-corrected chi connectivity index (χ2v) is 6.97. The molecule has 4 nitrogen and oxygen atoms in total. The van der Waals surface area contributed by atoms with Crippen molar-refractivity contribution in [3.05, 3.63) is 64.4 Å². The Bertz CT molecular complexity index is 886. The standard InChI is InChI=1S/C20H22ClN3O/c1-13(2)20-23-17-8-6-14(11-18(17)24-20)7-9-19(25)22-12-15-4-3-5-16(21)10-15/h3-6,8,10-11,13H,7,9,12H2,1-2H3,(H,22,25)(H,23,24). The molecule has 1 amide bonds. The molecule has 1 heterocycles. The summed E-state index contributed by atoms with van der Waals surface area (Å²) in [6.45, 7) is 4.72. The maximum Gasteiger partial charge on any atom is 0.220 e. The molecule has 1 aromatic heterocycles. The predicted molar refractivity (Wildman–Crippen MR) is 102 cm³/mol. The first kappa shape index (κ1) is 17.5. The van der Waals surface area contributed by atoms with Crippen LogP contribution in [0.5, 0.6) is 0 Å². The van der Waals surface area contributed by atoms with Crippen molar-refractivity contribution in [2.45, 2.75) is 39.2 Å². The van der Waals surface area contributed by atoms with Crippen molar-refractivity contribution >= 4 is 28.5 Å². The van der Waals surface area contributed by atoms with Crippen molar-refractivity contribution in [1.29, 1.82) is 0 Å². The van der Waals surface area contributed by atoms with Crippen LogP contribution < -0.4 is 5.32 Å². The van der Waals surface area contributed by atoms with Gasteiger partial charge in [-0.3, -0.25) is 4.79 Å². The van der Waals surface area contributed by atoms with E-state index < -0.39 is 0 Å².